The van der Waals surface area contributed by atoms with Crippen LogP contribution in [-0.2, 0) is 0 Å². The molecule has 0 saturated heterocycles. The number of hydrogen-bond acceptors (Lipinski definition) is 0. The third kappa shape index (κ3) is 7.90. The summed E-state index contributed by atoms with van der Waals surface area (Å²) in [6, 6.07) is 0. The van der Waals surface area contributed by atoms with Gasteiger partial charge in [-0.1, -0.05) is 59.8 Å². The zero-order valence-corrected chi connectivity index (χ0v) is 8.10. The van der Waals surface area contributed by atoms with E-state index in [4.69, 9.17) is 0 Å². The molecule has 0 aromatic rings. The van der Waals surface area contributed by atoms with Gasteiger partial charge in [-0.25, -0.2) is 0 Å². The summed E-state index contributed by atoms with van der Waals surface area (Å²) in [4.78, 5) is 0. The van der Waals surface area contributed by atoms with E-state index in [2.05, 4.69) is 27.7 Å². The second kappa shape index (κ2) is 6.69. The summed E-state index contributed by atoms with van der Waals surface area (Å²) < 4.78 is 0. The van der Waals surface area contributed by atoms with Crippen LogP contribution in [0.4, 0.5) is 0 Å². The Kier molecular flexibility index (Phi) is 6.69. The monoisotopic (exact) mass is 154 g/mol. The lowest BCUT2D eigenvalue weighted by Gasteiger charge is -2.11. The van der Waals surface area contributed by atoms with Crippen molar-refractivity contribution in [2.24, 2.45) is 11.8 Å². The Morgan fingerprint density at radius 2 is 1.73 bits per heavy atom. The van der Waals surface area contributed by atoms with E-state index in [9.17, 15) is 0 Å². The second-order valence-corrected chi connectivity index (χ2v) is 3.78. The van der Waals surface area contributed by atoms with Crippen LogP contribution in [0.25, 0.3) is 0 Å². The van der Waals surface area contributed by atoms with Crippen LogP contribution < -0.4 is 0 Å². The fourth-order valence-electron chi connectivity index (χ4n) is 1.21. The summed E-state index contributed by atoms with van der Waals surface area (Å²) in [5.74, 6) is 1.50. The van der Waals surface area contributed by atoms with Crippen molar-refractivity contribution < 1.29 is 0 Å². The second-order valence-electron chi connectivity index (χ2n) is 3.78. The van der Waals surface area contributed by atoms with E-state index in [0.717, 1.165) is 12.3 Å². The first-order chi connectivity index (χ1) is 5.16. The van der Waals surface area contributed by atoms with Crippen molar-refractivity contribution >= 4 is 0 Å². The minimum Gasteiger partial charge on any atom is -0.0625 e. The quantitative estimate of drug-likeness (QED) is 0.544. The summed E-state index contributed by atoms with van der Waals surface area (Å²) in [5, 5.41) is 0. The lowest BCUT2D eigenvalue weighted by Crippen LogP contribution is -1.97. The van der Waals surface area contributed by atoms with Crippen LogP contribution in [0, 0.1) is 25.7 Å². The average Bonchev–Trinajstić information content (AvgIpc) is 1.97. The predicted molar refractivity (Wildman–Crippen MR) is 52.1 cm³/mol. The number of rotatable bonds is 6. The lowest BCUT2D eigenvalue weighted by molar-refractivity contribution is 0.433. The van der Waals surface area contributed by atoms with E-state index >= 15 is 0 Å². The highest BCUT2D eigenvalue weighted by Gasteiger charge is 2.02. The smallest absolute Gasteiger partial charge is 0.0443 e. The molecule has 0 heterocycles. The van der Waals surface area contributed by atoms with Gasteiger partial charge in [0.1, 0.15) is 0 Å². The van der Waals surface area contributed by atoms with Crippen LogP contribution in [0.1, 0.15) is 46.0 Å². The molecule has 0 rings (SSSR count). The Hall–Kier alpha value is 0. The third-order valence-electron chi connectivity index (χ3n) is 2.10. The van der Waals surface area contributed by atoms with Gasteiger partial charge in [0.2, 0.25) is 0 Å². The van der Waals surface area contributed by atoms with Crippen LogP contribution >= 0.6 is 0 Å². The molecular formula is C11H22. The highest BCUT2D eigenvalue weighted by Crippen LogP contribution is 2.16. The van der Waals surface area contributed by atoms with E-state index in [1.807, 2.05) is 0 Å². The highest BCUT2D eigenvalue weighted by molar-refractivity contribution is 4.59. The first-order valence-corrected chi connectivity index (χ1v) is 4.79. The van der Waals surface area contributed by atoms with Gasteiger partial charge in [0.25, 0.3) is 0 Å². The lowest BCUT2D eigenvalue weighted by atomic mass is 9.95. The maximum Gasteiger partial charge on any atom is -0.0443 e. The van der Waals surface area contributed by atoms with E-state index in [0.29, 0.717) is 5.92 Å². The van der Waals surface area contributed by atoms with Crippen molar-refractivity contribution in [3.63, 3.8) is 0 Å². The SMILES string of the molecule is [CH2]CCCC(C)CCC([CH2])C. The molecule has 0 amide bonds. The minimum atomic E-state index is 0.622. The molecule has 0 nitrogen and oxygen atoms in total. The molecule has 0 spiro atoms. The Morgan fingerprint density at radius 1 is 1.09 bits per heavy atom. The fourth-order valence-corrected chi connectivity index (χ4v) is 1.21. The zero-order valence-electron chi connectivity index (χ0n) is 8.10. The molecule has 0 saturated carbocycles. The summed E-state index contributed by atoms with van der Waals surface area (Å²) in [5.41, 5.74) is 0. The van der Waals surface area contributed by atoms with Gasteiger partial charge in [0.05, 0.1) is 0 Å². The van der Waals surface area contributed by atoms with Gasteiger partial charge >= 0.3 is 0 Å². The Balaban J connectivity index is 3.15. The molecule has 66 valence electrons. The topological polar surface area (TPSA) is 0 Å². The van der Waals surface area contributed by atoms with Crippen LogP contribution in [0.3, 0.4) is 0 Å². The molecule has 0 bridgehead atoms. The summed E-state index contributed by atoms with van der Waals surface area (Å²) in [7, 11) is 0. The van der Waals surface area contributed by atoms with Crippen molar-refractivity contribution in [1.29, 1.82) is 0 Å². The van der Waals surface area contributed by atoms with Crippen LogP contribution in [0.15, 0.2) is 0 Å². The van der Waals surface area contributed by atoms with Crippen molar-refractivity contribution in [2.75, 3.05) is 0 Å². The molecule has 0 fully saturated rings. The Labute approximate surface area is 72.4 Å². The maximum atomic E-state index is 3.98. The highest BCUT2D eigenvalue weighted by atomic mass is 14.1. The van der Waals surface area contributed by atoms with E-state index in [-0.39, 0.29) is 0 Å². The molecule has 2 atom stereocenters. The maximum absolute atomic E-state index is 3.98. The van der Waals surface area contributed by atoms with Crippen LogP contribution in [0.5, 0.6) is 0 Å². The molecule has 0 aliphatic heterocycles. The minimum absolute atomic E-state index is 0.622. The molecule has 11 heavy (non-hydrogen) atoms. The Bertz CT molecular complexity index is 74.1. The van der Waals surface area contributed by atoms with Gasteiger partial charge in [-0.3, -0.25) is 0 Å². The predicted octanol–water partition coefficient (Wildman–Crippen LogP) is 3.88. The van der Waals surface area contributed by atoms with Crippen molar-refractivity contribution in [3.8, 4) is 0 Å². The molecule has 0 heteroatoms. The molecule has 0 aliphatic rings. The van der Waals surface area contributed by atoms with Gasteiger partial charge in [-0.15, -0.1) is 0 Å². The van der Waals surface area contributed by atoms with Crippen LogP contribution in [-0.4, -0.2) is 0 Å². The summed E-state index contributed by atoms with van der Waals surface area (Å²) in [6.07, 6.45) is 6.33. The van der Waals surface area contributed by atoms with Crippen molar-refractivity contribution in [1.82, 2.24) is 0 Å². The van der Waals surface area contributed by atoms with E-state index < -0.39 is 0 Å². The molecule has 0 aliphatic carbocycles. The van der Waals surface area contributed by atoms with Gasteiger partial charge in [0, 0.05) is 0 Å². The molecule has 0 aromatic heterocycles. The fraction of sp³-hybridized carbons (Fsp3) is 0.818. The van der Waals surface area contributed by atoms with Crippen molar-refractivity contribution in [2.45, 2.75) is 46.0 Å². The van der Waals surface area contributed by atoms with Crippen molar-refractivity contribution in [3.05, 3.63) is 13.8 Å². The summed E-state index contributed by atoms with van der Waals surface area (Å²) in [6.45, 7) is 12.3. The first kappa shape index (κ1) is 11.0. The average molecular weight is 154 g/mol. The van der Waals surface area contributed by atoms with E-state index in [1.165, 1.54) is 25.7 Å². The summed E-state index contributed by atoms with van der Waals surface area (Å²) >= 11 is 0. The van der Waals surface area contributed by atoms with E-state index in [1.54, 1.807) is 0 Å². The third-order valence-corrected chi connectivity index (χ3v) is 2.10. The van der Waals surface area contributed by atoms with Crippen LogP contribution in [0.2, 0.25) is 0 Å². The molecule has 0 aromatic carbocycles. The molecular weight excluding hydrogens is 132 g/mol. The molecule has 2 radical (unpaired) electrons. The van der Waals surface area contributed by atoms with Gasteiger partial charge < -0.3 is 0 Å². The van der Waals surface area contributed by atoms with Gasteiger partial charge in [-0.2, -0.15) is 0 Å². The number of hydrogen-bond donors (Lipinski definition) is 0. The largest absolute Gasteiger partial charge is 0.0625 e. The first-order valence-electron chi connectivity index (χ1n) is 4.79. The normalized spacial score (nSPS) is 13.9. The zero-order chi connectivity index (χ0) is 8.69. The molecule has 2 unspecified atom stereocenters. The number of unbranched alkanes of at least 4 members (excludes halogenated alkanes) is 1. The Morgan fingerprint density at radius 3 is 2.18 bits per heavy atom. The van der Waals surface area contributed by atoms with Gasteiger partial charge in [0.15, 0.2) is 0 Å². The van der Waals surface area contributed by atoms with Gasteiger partial charge in [-0.05, 0) is 11.8 Å². The molecule has 0 N–H and O–H groups in total. The standard InChI is InChI=1S/C11H22/c1-5-6-7-11(4)9-8-10(2)3/h10-11H,1-2,5-9H2,3-4H3.